The van der Waals surface area contributed by atoms with Crippen LogP contribution in [0.3, 0.4) is 0 Å². The summed E-state index contributed by atoms with van der Waals surface area (Å²) in [5.74, 6) is 0.188. The first-order valence-corrected chi connectivity index (χ1v) is 10.2. The fourth-order valence-electron chi connectivity index (χ4n) is 3.95. The molecule has 0 radical (unpaired) electrons. The minimum Gasteiger partial charge on any atom is -0.508 e. The van der Waals surface area contributed by atoms with Gasteiger partial charge in [0.1, 0.15) is 22.8 Å². The number of benzene rings is 2. The topological polar surface area (TPSA) is 91.8 Å². The van der Waals surface area contributed by atoms with Crippen molar-refractivity contribution in [3.63, 3.8) is 0 Å². The quantitative estimate of drug-likeness (QED) is 0.511. The van der Waals surface area contributed by atoms with Gasteiger partial charge >= 0.3 is 0 Å². The van der Waals surface area contributed by atoms with Crippen LogP contribution in [0.5, 0.6) is 5.75 Å². The highest BCUT2D eigenvalue weighted by Gasteiger charge is 2.37. The molecule has 2 aromatic heterocycles. The molecule has 32 heavy (non-hydrogen) atoms. The van der Waals surface area contributed by atoms with E-state index in [9.17, 15) is 9.90 Å². The normalized spacial score (nSPS) is 15.6. The zero-order valence-corrected chi connectivity index (χ0v) is 17.3. The predicted octanol–water partition coefficient (Wildman–Crippen LogP) is 4.74. The van der Waals surface area contributed by atoms with Crippen LogP contribution in [0.15, 0.2) is 88.7 Å². The Bertz CT molecular complexity index is 1300. The summed E-state index contributed by atoms with van der Waals surface area (Å²) in [6, 6.07) is 19.7. The van der Waals surface area contributed by atoms with Crippen LogP contribution in [0, 0.1) is 6.92 Å². The zero-order chi connectivity index (χ0) is 22.1. The van der Waals surface area contributed by atoms with Gasteiger partial charge in [-0.05, 0) is 19.1 Å². The number of aryl methyl sites for hydroxylation is 1. The molecular weight excluding hydrogens is 404 g/mol. The average Bonchev–Trinajstić information content (AvgIpc) is 3.44. The van der Waals surface area contributed by atoms with E-state index in [1.807, 2.05) is 48.5 Å². The van der Waals surface area contributed by atoms with Crippen molar-refractivity contribution in [3.05, 3.63) is 102 Å². The summed E-state index contributed by atoms with van der Waals surface area (Å²) in [7, 11) is 0. The minimum atomic E-state index is -0.475. The van der Waals surface area contributed by atoms with Gasteiger partial charge in [0.15, 0.2) is 0 Å². The van der Waals surface area contributed by atoms with Crippen LogP contribution in [0.4, 0.5) is 0 Å². The molecule has 2 aromatic carbocycles. The number of rotatable bonds is 4. The molecule has 4 aromatic rings. The molecule has 5 rings (SSSR count). The molecule has 0 spiro atoms. The number of nitrogens with zero attached hydrogens (tertiary/aromatic N) is 4. The van der Waals surface area contributed by atoms with E-state index in [1.165, 1.54) is 5.01 Å². The molecule has 3 heterocycles. The molecule has 0 saturated heterocycles. The Morgan fingerprint density at radius 2 is 1.78 bits per heavy atom. The van der Waals surface area contributed by atoms with Gasteiger partial charge in [-0.2, -0.15) is 5.10 Å². The fourth-order valence-corrected chi connectivity index (χ4v) is 3.95. The van der Waals surface area contributed by atoms with Crippen LogP contribution in [0.1, 0.15) is 39.7 Å². The molecule has 1 atom stereocenters. The lowest BCUT2D eigenvalue weighted by molar-refractivity contribution is 0.0708. The Hall–Kier alpha value is -4.26. The van der Waals surface area contributed by atoms with Crippen LogP contribution in [-0.4, -0.2) is 31.9 Å². The van der Waals surface area contributed by atoms with Gasteiger partial charge in [-0.25, -0.2) is 5.01 Å². The number of carbonyl (C=O) groups is 1. The van der Waals surface area contributed by atoms with E-state index in [4.69, 9.17) is 4.52 Å². The number of amides is 1. The predicted molar refractivity (Wildman–Crippen MR) is 119 cm³/mol. The van der Waals surface area contributed by atoms with Gasteiger partial charge in [0.05, 0.1) is 11.8 Å². The number of phenols is 1. The van der Waals surface area contributed by atoms with Gasteiger partial charge in [-0.3, -0.25) is 9.78 Å². The second-order valence-corrected chi connectivity index (χ2v) is 7.55. The van der Waals surface area contributed by atoms with Crippen molar-refractivity contribution < 1.29 is 14.4 Å². The number of hydrogen-bond donors (Lipinski definition) is 1. The number of aromatic nitrogens is 2. The maximum Gasteiger partial charge on any atom is 0.280 e. The third-order valence-corrected chi connectivity index (χ3v) is 5.53. The van der Waals surface area contributed by atoms with E-state index in [0.717, 1.165) is 16.8 Å². The molecular formula is C25H20N4O3. The third kappa shape index (κ3) is 3.43. The molecule has 1 N–H and O–H groups in total. The number of hydrazone groups is 1. The van der Waals surface area contributed by atoms with Crippen LogP contribution < -0.4 is 0 Å². The number of aromatic hydroxyl groups is 1. The number of pyridine rings is 1. The van der Waals surface area contributed by atoms with Gasteiger partial charge in [-0.15, -0.1) is 0 Å². The smallest absolute Gasteiger partial charge is 0.280 e. The third-order valence-electron chi connectivity index (χ3n) is 5.53. The largest absolute Gasteiger partial charge is 0.508 e. The van der Waals surface area contributed by atoms with Crippen LogP contribution in [0.25, 0.3) is 11.3 Å². The van der Waals surface area contributed by atoms with Crippen LogP contribution >= 0.6 is 0 Å². The van der Waals surface area contributed by atoms with Crippen molar-refractivity contribution in [2.75, 3.05) is 0 Å². The van der Waals surface area contributed by atoms with Crippen LogP contribution in [-0.2, 0) is 0 Å². The van der Waals surface area contributed by atoms with Crippen molar-refractivity contribution >= 4 is 11.6 Å². The van der Waals surface area contributed by atoms with E-state index in [1.54, 1.807) is 37.5 Å². The number of carbonyl (C=O) groups excluding carboxylic acids is 1. The van der Waals surface area contributed by atoms with E-state index < -0.39 is 6.04 Å². The Morgan fingerprint density at radius 3 is 2.53 bits per heavy atom. The highest BCUT2D eigenvalue weighted by molar-refractivity contribution is 6.06. The Labute approximate surface area is 184 Å². The van der Waals surface area contributed by atoms with Gasteiger partial charge in [-0.1, -0.05) is 59.8 Å². The fraction of sp³-hybridized carbons (Fsp3) is 0.120. The lowest BCUT2D eigenvalue weighted by Gasteiger charge is -2.22. The summed E-state index contributed by atoms with van der Waals surface area (Å²) < 4.78 is 5.40. The Morgan fingerprint density at radius 1 is 1.03 bits per heavy atom. The first-order valence-electron chi connectivity index (χ1n) is 10.2. The lowest BCUT2D eigenvalue weighted by atomic mass is 9.97. The molecule has 1 unspecified atom stereocenters. The summed E-state index contributed by atoms with van der Waals surface area (Å²) in [6.07, 6.45) is 3.85. The van der Waals surface area contributed by atoms with Crippen molar-refractivity contribution in [2.24, 2.45) is 5.10 Å². The van der Waals surface area contributed by atoms with Gasteiger partial charge in [0, 0.05) is 35.5 Å². The zero-order valence-electron chi connectivity index (χ0n) is 17.3. The highest BCUT2D eigenvalue weighted by Crippen LogP contribution is 2.39. The second kappa shape index (κ2) is 8.11. The minimum absolute atomic E-state index is 0.114. The summed E-state index contributed by atoms with van der Waals surface area (Å²) in [6.45, 7) is 1.71. The van der Waals surface area contributed by atoms with E-state index in [0.29, 0.717) is 29.0 Å². The standard InChI is InChI=1S/C25H20N4O3/c1-16-23(24(28-32-16)17-8-3-2-4-9-17)25(31)29-21(19-11-5-6-12-22(19)30)14-20(27-29)18-10-7-13-26-15-18/h2-13,15,21,30H,14H2,1H3. The molecule has 1 amide bonds. The molecule has 0 bridgehead atoms. The molecule has 7 heteroatoms. The molecule has 1 aliphatic rings. The maximum atomic E-state index is 13.8. The van der Waals surface area contributed by atoms with Gasteiger partial charge in [0.2, 0.25) is 0 Å². The van der Waals surface area contributed by atoms with Crippen molar-refractivity contribution in [3.8, 4) is 17.0 Å². The van der Waals surface area contributed by atoms with Crippen molar-refractivity contribution in [2.45, 2.75) is 19.4 Å². The summed E-state index contributed by atoms with van der Waals surface area (Å²) in [5, 5.41) is 20.7. The number of phenolic OH excluding ortho intramolecular Hbond substituents is 1. The highest BCUT2D eigenvalue weighted by atomic mass is 16.5. The molecule has 0 fully saturated rings. The van der Waals surface area contributed by atoms with Crippen molar-refractivity contribution in [1.82, 2.24) is 15.1 Å². The monoisotopic (exact) mass is 424 g/mol. The van der Waals surface area contributed by atoms with E-state index in [2.05, 4.69) is 15.2 Å². The Kier molecular flexibility index (Phi) is 4.99. The summed E-state index contributed by atoms with van der Waals surface area (Å²) in [5.41, 5.74) is 3.77. The molecule has 0 saturated carbocycles. The average molecular weight is 424 g/mol. The summed E-state index contributed by atoms with van der Waals surface area (Å²) in [4.78, 5) is 18.0. The van der Waals surface area contributed by atoms with E-state index >= 15 is 0 Å². The SMILES string of the molecule is Cc1onc(-c2ccccc2)c1C(=O)N1N=C(c2cccnc2)CC1c1ccccc1O. The first-order chi connectivity index (χ1) is 15.6. The summed E-state index contributed by atoms with van der Waals surface area (Å²) >= 11 is 0. The van der Waals surface area contributed by atoms with Crippen molar-refractivity contribution in [1.29, 1.82) is 0 Å². The first kappa shape index (κ1) is 19.7. The molecule has 158 valence electrons. The lowest BCUT2D eigenvalue weighted by Crippen LogP contribution is -2.27. The van der Waals surface area contributed by atoms with Gasteiger partial charge in [0.25, 0.3) is 5.91 Å². The van der Waals surface area contributed by atoms with Crippen LogP contribution in [0.2, 0.25) is 0 Å². The molecule has 1 aliphatic heterocycles. The van der Waals surface area contributed by atoms with E-state index in [-0.39, 0.29) is 11.7 Å². The second-order valence-electron chi connectivity index (χ2n) is 7.55. The maximum absolute atomic E-state index is 13.8. The Balaban J connectivity index is 1.61. The number of hydrogen-bond acceptors (Lipinski definition) is 6. The van der Waals surface area contributed by atoms with Gasteiger partial charge < -0.3 is 9.63 Å². The molecule has 0 aliphatic carbocycles. The molecule has 7 nitrogen and oxygen atoms in total. The number of para-hydroxylation sites is 1.